The Morgan fingerprint density at radius 1 is 1.10 bits per heavy atom. The SMILES string of the molecule is CC(C)[Si](C#Cc1c(C=O)cnc2c1ccn2COCC[Si](C)(C)C)(C(C)C)C(C)C. The number of aldehydes is 1. The van der Waals surface area contributed by atoms with Gasteiger partial charge in [0.2, 0.25) is 0 Å². The number of hydrogen-bond donors (Lipinski definition) is 0. The van der Waals surface area contributed by atoms with Gasteiger partial charge in [0.25, 0.3) is 0 Å². The van der Waals surface area contributed by atoms with Crippen molar-refractivity contribution >= 4 is 33.5 Å². The molecule has 0 bridgehead atoms. The summed E-state index contributed by atoms with van der Waals surface area (Å²) < 4.78 is 7.94. The van der Waals surface area contributed by atoms with Crippen molar-refractivity contribution in [2.45, 2.75) is 90.6 Å². The lowest BCUT2D eigenvalue weighted by molar-refractivity contribution is 0.0899. The first-order chi connectivity index (χ1) is 14.4. The largest absolute Gasteiger partial charge is 0.361 e. The minimum Gasteiger partial charge on any atom is -0.361 e. The van der Waals surface area contributed by atoms with E-state index in [0.717, 1.165) is 35.5 Å². The molecule has 0 aliphatic rings. The Balaban J connectivity index is 2.46. The Morgan fingerprint density at radius 3 is 2.23 bits per heavy atom. The molecule has 0 unspecified atom stereocenters. The molecule has 0 spiro atoms. The van der Waals surface area contributed by atoms with Gasteiger partial charge in [-0.25, -0.2) is 4.98 Å². The third kappa shape index (κ3) is 5.77. The normalized spacial score (nSPS) is 12.6. The lowest BCUT2D eigenvalue weighted by Gasteiger charge is -2.38. The maximum atomic E-state index is 11.8. The standard InChI is InChI=1S/C25H40N2O2Si2/c1-19(2)31(20(3)4,21(5)6)14-11-23-22(17-28)16-26-25-24(23)10-12-27(25)18-29-13-15-30(7,8)9/h10,12,16-17,19-21H,13,15,18H2,1-9H3. The minimum atomic E-state index is -1.90. The molecule has 31 heavy (non-hydrogen) atoms. The fourth-order valence-corrected chi connectivity index (χ4v) is 10.6. The molecule has 0 radical (unpaired) electrons. The lowest BCUT2D eigenvalue weighted by atomic mass is 10.1. The van der Waals surface area contributed by atoms with E-state index in [0.29, 0.717) is 28.9 Å². The van der Waals surface area contributed by atoms with Gasteiger partial charge in [-0.05, 0) is 28.7 Å². The van der Waals surface area contributed by atoms with E-state index in [1.54, 1.807) is 6.20 Å². The molecule has 4 nitrogen and oxygen atoms in total. The van der Waals surface area contributed by atoms with Gasteiger partial charge in [-0.1, -0.05) is 67.1 Å². The average molecular weight is 457 g/mol. The van der Waals surface area contributed by atoms with Crippen LogP contribution in [-0.4, -0.2) is 38.6 Å². The number of aromatic nitrogens is 2. The van der Waals surface area contributed by atoms with E-state index in [1.165, 1.54) is 0 Å². The predicted molar refractivity (Wildman–Crippen MR) is 137 cm³/mol. The van der Waals surface area contributed by atoms with E-state index in [-0.39, 0.29) is 0 Å². The summed E-state index contributed by atoms with van der Waals surface area (Å²) >= 11 is 0. The van der Waals surface area contributed by atoms with Gasteiger partial charge in [-0.3, -0.25) is 4.79 Å². The van der Waals surface area contributed by atoms with Crippen molar-refractivity contribution in [2.24, 2.45) is 0 Å². The molecule has 2 aromatic heterocycles. The predicted octanol–water partition coefficient (Wildman–Crippen LogP) is 6.73. The number of fused-ring (bicyclic) bond motifs is 1. The maximum Gasteiger partial charge on any atom is 0.152 e. The van der Waals surface area contributed by atoms with Crippen LogP contribution in [0.5, 0.6) is 0 Å². The first-order valence-electron chi connectivity index (χ1n) is 11.5. The van der Waals surface area contributed by atoms with Crippen molar-refractivity contribution in [3.63, 3.8) is 0 Å². The Labute approximate surface area is 190 Å². The van der Waals surface area contributed by atoms with Crippen LogP contribution in [0.4, 0.5) is 0 Å². The summed E-state index contributed by atoms with van der Waals surface area (Å²) in [7, 11) is -3.01. The van der Waals surface area contributed by atoms with E-state index in [4.69, 9.17) is 4.74 Å². The number of hydrogen-bond acceptors (Lipinski definition) is 3. The highest BCUT2D eigenvalue weighted by molar-refractivity contribution is 6.90. The van der Waals surface area contributed by atoms with Crippen LogP contribution in [0.2, 0.25) is 42.3 Å². The molecule has 0 saturated heterocycles. The van der Waals surface area contributed by atoms with Crippen LogP contribution >= 0.6 is 0 Å². The summed E-state index contributed by atoms with van der Waals surface area (Å²) in [6.07, 6.45) is 4.52. The highest BCUT2D eigenvalue weighted by Gasteiger charge is 2.41. The van der Waals surface area contributed by atoms with E-state index >= 15 is 0 Å². The Hall–Kier alpha value is -1.69. The molecule has 0 atom stereocenters. The first-order valence-corrected chi connectivity index (χ1v) is 17.4. The van der Waals surface area contributed by atoms with Gasteiger partial charge in [-0.2, -0.15) is 0 Å². The van der Waals surface area contributed by atoms with Crippen LogP contribution < -0.4 is 0 Å². The molecule has 0 amide bonds. The summed E-state index contributed by atoms with van der Waals surface area (Å²) in [5, 5.41) is 0.935. The Bertz CT molecular complexity index is 938. The topological polar surface area (TPSA) is 44.1 Å². The molecule has 2 heterocycles. The Morgan fingerprint density at radius 2 is 1.71 bits per heavy atom. The van der Waals surface area contributed by atoms with Crippen LogP contribution in [0.1, 0.15) is 57.5 Å². The molecule has 2 rings (SSSR count). The van der Waals surface area contributed by atoms with Gasteiger partial charge in [0.1, 0.15) is 20.5 Å². The molecule has 0 aliphatic heterocycles. The highest BCUT2D eigenvalue weighted by atomic mass is 28.3. The zero-order valence-corrected chi connectivity index (χ0v) is 22.9. The number of ether oxygens (including phenoxy) is 1. The summed E-state index contributed by atoms with van der Waals surface area (Å²) in [5.74, 6) is 3.48. The number of carbonyl (C=O) groups is 1. The molecule has 0 saturated carbocycles. The molecule has 0 fully saturated rings. The molecular formula is C25H40N2O2Si2. The van der Waals surface area contributed by atoms with Gasteiger partial charge in [0.15, 0.2) is 6.29 Å². The van der Waals surface area contributed by atoms with E-state index in [1.807, 2.05) is 16.8 Å². The van der Waals surface area contributed by atoms with Crippen molar-refractivity contribution in [2.75, 3.05) is 6.61 Å². The molecule has 6 heteroatoms. The van der Waals surface area contributed by atoms with Gasteiger partial charge >= 0.3 is 0 Å². The average Bonchev–Trinajstić information content (AvgIpc) is 3.07. The molecular weight excluding hydrogens is 416 g/mol. The molecule has 0 N–H and O–H groups in total. The zero-order valence-electron chi connectivity index (χ0n) is 20.9. The first kappa shape index (κ1) is 25.6. The third-order valence-electron chi connectivity index (χ3n) is 6.44. The zero-order chi connectivity index (χ0) is 23.4. The smallest absolute Gasteiger partial charge is 0.152 e. The second-order valence-corrected chi connectivity index (χ2v) is 21.9. The third-order valence-corrected chi connectivity index (χ3v) is 14.4. The van der Waals surface area contributed by atoms with E-state index in [2.05, 4.69) is 77.6 Å². The second-order valence-electron chi connectivity index (χ2n) is 10.7. The quantitative estimate of drug-likeness (QED) is 0.182. The van der Waals surface area contributed by atoms with Crippen LogP contribution in [0, 0.1) is 11.5 Å². The van der Waals surface area contributed by atoms with Crippen molar-refractivity contribution < 1.29 is 9.53 Å². The summed E-state index contributed by atoms with van der Waals surface area (Å²) in [4.78, 5) is 16.3. The highest BCUT2D eigenvalue weighted by Crippen LogP contribution is 2.41. The van der Waals surface area contributed by atoms with Crippen molar-refractivity contribution in [1.29, 1.82) is 0 Å². The van der Waals surface area contributed by atoms with Gasteiger partial charge < -0.3 is 9.30 Å². The minimum absolute atomic E-state index is 0.469. The summed E-state index contributed by atoms with van der Waals surface area (Å²) in [6, 6.07) is 3.16. The van der Waals surface area contributed by atoms with E-state index < -0.39 is 16.1 Å². The number of nitrogens with zero attached hydrogens (tertiary/aromatic N) is 2. The van der Waals surface area contributed by atoms with Gasteiger partial charge in [0, 0.05) is 43.6 Å². The van der Waals surface area contributed by atoms with Crippen LogP contribution in [-0.2, 0) is 11.5 Å². The summed E-state index contributed by atoms with van der Waals surface area (Å²) in [5.41, 5.74) is 7.59. The molecule has 0 aromatic carbocycles. The summed E-state index contributed by atoms with van der Waals surface area (Å²) in [6.45, 7) is 22.1. The van der Waals surface area contributed by atoms with Crippen LogP contribution in [0.25, 0.3) is 11.0 Å². The van der Waals surface area contributed by atoms with Gasteiger partial charge in [0.05, 0.1) is 0 Å². The number of carbonyl (C=O) groups excluding carboxylic acids is 1. The van der Waals surface area contributed by atoms with E-state index in [9.17, 15) is 4.79 Å². The van der Waals surface area contributed by atoms with Crippen LogP contribution in [0.15, 0.2) is 18.5 Å². The Kier molecular flexibility index (Phi) is 8.49. The second kappa shape index (κ2) is 10.3. The van der Waals surface area contributed by atoms with Crippen molar-refractivity contribution in [3.8, 4) is 11.5 Å². The van der Waals surface area contributed by atoms with Crippen molar-refractivity contribution in [1.82, 2.24) is 9.55 Å². The fourth-order valence-electron chi connectivity index (χ4n) is 4.63. The number of pyridine rings is 1. The monoisotopic (exact) mass is 456 g/mol. The number of rotatable bonds is 9. The fraction of sp³-hybridized carbons (Fsp3) is 0.600. The van der Waals surface area contributed by atoms with Gasteiger partial charge in [-0.15, -0.1) is 5.54 Å². The molecule has 170 valence electrons. The lowest BCUT2D eigenvalue weighted by Crippen LogP contribution is -2.43. The van der Waals surface area contributed by atoms with Crippen molar-refractivity contribution in [3.05, 3.63) is 29.6 Å². The van der Waals surface area contributed by atoms with Crippen LogP contribution in [0.3, 0.4) is 0 Å². The molecule has 0 aliphatic carbocycles. The maximum absolute atomic E-state index is 11.8. The molecule has 2 aromatic rings.